The highest BCUT2D eigenvalue weighted by molar-refractivity contribution is 4.83. The molecule has 13 heavy (non-hydrogen) atoms. The van der Waals surface area contributed by atoms with Crippen LogP contribution in [0.2, 0.25) is 0 Å². The van der Waals surface area contributed by atoms with Gasteiger partial charge in [0.05, 0.1) is 5.60 Å². The van der Waals surface area contributed by atoms with Crippen molar-refractivity contribution in [3.63, 3.8) is 0 Å². The van der Waals surface area contributed by atoms with Crippen molar-refractivity contribution in [1.29, 1.82) is 0 Å². The lowest BCUT2D eigenvalue weighted by Crippen LogP contribution is -2.41. The largest absolute Gasteiger partial charge is 0.390 e. The maximum Gasteiger partial charge on any atom is 0.0672 e. The Hall–Kier alpha value is -0.0800. The molecule has 0 aromatic heterocycles. The van der Waals surface area contributed by atoms with Crippen LogP contribution >= 0.6 is 0 Å². The first-order valence-electron chi connectivity index (χ1n) is 5.55. The van der Waals surface area contributed by atoms with Gasteiger partial charge >= 0.3 is 0 Å². The Balaban J connectivity index is 2.17. The van der Waals surface area contributed by atoms with E-state index in [9.17, 15) is 5.11 Å². The van der Waals surface area contributed by atoms with Gasteiger partial charge in [-0.3, -0.25) is 0 Å². The monoisotopic (exact) mass is 185 g/mol. The van der Waals surface area contributed by atoms with Crippen LogP contribution in [0.4, 0.5) is 0 Å². The predicted molar refractivity (Wildman–Crippen MR) is 55.7 cm³/mol. The summed E-state index contributed by atoms with van der Waals surface area (Å²) < 4.78 is 0. The lowest BCUT2D eigenvalue weighted by Gasteiger charge is -2.32. The zero-order valence-corrected chi connectivity index (χ0v) is 8.97. The highest BCUT2D eigenvalue weighted by atomic mass is 16.3. The highest BCUT2D eigenvalue weighted by Crippen LogP contribution is 2.25. The molecule has 0 unspecified atom stereocenters. The lowest BCUT2D eigenvalue weighted by atomic mass is 9.86. The first-order valence-corrected chi connectivity index (χ1v) is 5.55. The van der Waals surface area contributed by atoms with Crippen LogP contribution in [-0.4, -0.2) is 23.8 Å². The second-order valence-corrected chi connectivity index (χ2v) is 4.76. The first kappa shape index (κ1) is 11.0. The molecule has 1 rings (SSSR count). The molecule has 1 heterocycles. The van der Waals surface area contributed by atoms with Crippen LogP contribution in [0.25, 0.3) is 0 Å². The molecule has 1 aliphatic rings. The van der Waals surface area contributed by atoms with Crippen LogP contribution < -0.4 is 5.32 Å². The standard InChI is InChI=1S/C11H23NO/c1-10(2)4-3-5-11(13)6-8-12-9-7-11/h10,12-13H,3-9H2,1-2H3. The Labute approximate surface area is 81.7 Å². The van der Waals surface area contributed by atoms with Crippen LogP contribution in [0.3, 0.4) is 0 Å². The Bertz CT molecular complexity index is 139. The molecule has 0 radical (unpaired) electrons. The van der Waals surface area contributed by atoms with Crippen LogP contribution in [0.1, 0.15) is 46.0 Å². The van der Waals surface area contributed by atoms with Crippen molar-refractivity contribution in [1.82, 2.24) is 5.32 Å². The van der Waals surface area contributed by atoms with Gasteiger partial charge in [0, 0.05) is 0 Å². The molecular formula is C11H23NO. The SMILES string of the molecule is CC(C)CCCC1(O)CCNCC1. The van der Waals surface area contributed by atoms with Gasteiger partial charge in [-0.1, -0.05) is 26.7 Å². The molecule has 2 nitrogen and oxygen atoms in total. The van der Waals surface area contributed by atoms with Crippen LogP contribution in [0, 0.1) is 5.92 Å². The minimum Gasteiger partial charge on any atom is -0.390 e. The highest BCUT2D eigenvalue weighted by Gasteiger charge is 2.28. The molecule has 1 aliphatic heterocycles. The Morgan fingerprint density at radius 2 is 1.92 bits per heavy atom. The smallest absolute Gasteiger partial charge is 0.0672 e. The maximum atomic E-state index is 10.1. The molecule has 0 aromatic rings. The molecule has 0 bridgehead atoms. The molecule has 0 saturated carbocycles. The fourth-order valence-electron chi connectivity index (χ4n) is 1.98. The molecule has 0 aromatic carbocycles. The number of nitrogens with one attached hydrogen (secondary N) is 1. The normalized spacial score (nSPS) is 22.2. The van der Waals surface area contributed by atoms with E-state index in [-0.39, 0.29) is 5.60 Å². The molecule has 0 atom stereocenters. The zero-order valence-electron chi connectivity index (χ0n) is 8.97. The van der Waals surface area contributed by atoms with Crippen LogP contribution in [-0.2, 0) is 0 Å². The average Bonchev–Trinajstić information content (AvgIpc) is 2.04. The van der Waals surface area contributed by atoms with Crippen LogP contribution in [0.15, 0.2) is 0 Å². The Morgan fingerprint density at radius 1 is 1.31 bits per heavy atom. The molecular weight excluding hydrogens is 162 g/mol. The van der Waals surface area contributed by atoms with Gasteiger partial charge in [-0.2, -0.15) is 0 Å². The Kier molecular flexibility index (Phi) is 4.20. The second-order valence-electron chi connectivity index (χ2n) is 4.76. The van der Waals surface area contributed by atoms with E-state index in [2.05, 4.69) is 19.2 Å². The van der Waals surface area contributed by atoms with Gasteiger partial charge in [0.15, 0.2) is 0 Å². The molecule has 2 heteroatoms. The number of piperidine rings is 1. The van der Waals surface area contributed by atoms with E-state index in [1.165, 1.54) is 12.8 Å². The van der Waals surface area contributed by atoms with E-state index in [0.29, 0.717) is 0 Å². The first-order chi connectivity index (χ1) is 6.12. The fourth-order valence-corrected chi connectivity index (χ4v) is 1.98. The summed E-state index contributed by atoms with van der Waals surface area (Å²) in [4.78, 5) is 0. The van der Waals surface area contributed by atoms with Crippen molar-refractivity contribution in [3.05, 3.63) is 0 Å². The van der Waals surface area contributed by atoms with E-state index in [0.717, 1.165) is 38.3 Å². The molecule has 2 N–H and O–H groups in total. The van der Waals surface area contributed by atoms with Gasteiger partial charge in [-0.15, -0.1) is 0 Å². The number of rotatable bonds is 4. The van der Waals surface area contributed by atoms with Gasteiger partial charge in [0.1, 0.15) is 0 Å². The third kappa shape index (κ3) is 4.10. The van der Waals surface area contributed by atoms with E-state index in [1.807, 2.05) is 0 Å². The third-order valence-electron chi connectivity index (χ3n) is 2.96. The summed E-state index contributed by atoms with van der Waals surface area (Å²) in [5, 5.41) is 13.4. The maximum absolute atomic E-state index is 10.1. The summed E-state index contributed by atoms with van der Waals surface area (Å²) in [5.41, 5.74) is -0.347. The van der Waals surface area contributed by atoms with Gasteiger partial charge in [-0.05, 0) is 38.3 Å². The van der Waals surface area contributed by atoms with Gasteiger partial charge < -0.3 is 10.4 Å². The number of aliphatic hydroxyl groups is 1. The lowest BCUT2D eigenvalue weighted by molar-refractivity contribution is -0.000217. The molecule has 1 saturated heterocycles. The summed E-state index contributed by atoms with van der Waals surface area (Å²) in [5.74, 6) is 0.769. The van der Waals surface area contributed by atoms with Crippen molar-refractivity contribution >= 4 is 0 Å². The number of hydrogen-bond donors (Lipinski definition) is 2. The van der Waals surface area contributed by atoms with E-state index in [4.69, 9.17) is 0 Å². The summed E-state index contributed by atoms with van der Waals surface area (Å²) in [7, 11) is 0. The quantitative estimate of drug-likeness (QED) is 0.701. The molecule has 1 fully saturated rings. The third-order valence-corrected chi connectivity index (χ3v) is 2.96. The van der Waals surface area contributed by atoms with Gasteiger partial charge in [0.25, 0.3) is 0 Å². The zero-order chi connectivity index (χ0) is 9.73. The summed E-state index contributed by atoms with van der Waals surface area (Å²) in [6.07, 6.45) is 5.28. The van der Waals surface area contributed by atoms with E-state index < -0.39 is 0 Å². The topological polar surface area (TPSA) is 32.3 Å². The average molecular weight is 185 g/mol. The predicted octanol–water partition coefficient (Wildman–Crippen LogP) is 1.93. The minimum atomic E-state index is -0.347. The van der Waals surface area contributed by atoms with Crippen molar-refractivity contribution < 1.29 is 5.11 Å². The Morgan fingerprint density at radius 3 is 2.46 bits per heavy atom. The second kappa shape index (κ2) is 4.97. The van der Waals surface area contributed by atoms with E-state index in [1.54, 1.807) is 0 Å². The van der Waals surface area contributed by atoms with Crippen molar-refractivity contribution in [2.24, 2.45) is 5.92 Å². The number of hydrogen-bond acceptors (Lipinski definition) is 2. The molecule has 0 aliphatic carbocycles. The van der Waals surface area contributed by atoms with Crippen LogP contribution in [0.5, 0.6) is 0 Å². The molecule has 78 valence electrons. The van der Waals surface area contributed by atoms with Gasteiger partial charge in [0.2, 0.25) is 0 Å². The summed E-state index contributed by atoms with van der Waals surface area (Å²) in [6, 6.07) is 0. The fraction of sp³-hybridized carbons (Fsp3) is 1.00. The van der Waals surface area contributed by atoms with Gasteiger partial charge in [-0.25, -0.2) is 0 Å². The van der Waals surface area contributed by atoms with E-state index >= 15 is 0 Å². The summed E-state index contributed by atoms with van der Waals surface area (Å²) in [6.45, 7) is 6.45. The van der Waals surface area contributed by atoms with Crippen molar-refractivity contribution in [3.8, 4) is 0 Å². The molecule has 0 amide bonds. The van der Waals surface area contributed by atoms with Crippen molar-refractivity contribution in [2.45, 2.75) is 51.6 Å². The minimum absolute atomic E-state index is 0.347. The van der Waals surface area contributed by atoms with Crippen molar-refractivity contribution in [2.75, 3.05) is 13.1 Å². The molecule has 0 spiro atoms. The summed E-state index contributed by atoms with van der Waals surface area (Å²) >= 11 is 0.